The minimum atomic E-state index is -0.655. The molecule has 4 nitrogen and oxygen atoms in total. The molecule has 1 aromatic heterocycles. The van der Waals surface area contributed by atoms with Gasteiger partial charge >= 0.3 is 0 Å². The second-order valence-corrected chi connectivity index (χ2v) is 7.32. The highest BCUT2D eigenvalue weighted by molar-refractivity contribution is 6.30. The molecule has 0 aliphatic heterocycles. The van der Waals surface area contributed by atoms with Crippen molar-refractivity contribution in [2.45, 2.75) is 46.4 Å². The zero-order chi connectivity index (χ0) is 19.3. The van der Waals surface area contributed by atoms with Gasteiger partial charge in [0.15, 0.2) is 5.82 Å². The zero-order valence-electron chi connectivity index (χ0n) is 15.9. The SMILES string of the molecule is CCOC(OCC)c1cc(NC(C)(C)C)c(F)c(-c2ccc(Cl)cc2)n1. The molecule has 6 heteroatoms. The first-order chi connectivity index (χ1) is 12.2. The minimum absolute atomic E-state index is 0.232. The van der Waals surface area contributed by atoms with Crippen LogP contribution in [0.2, 0.25) is 5.02 Å². The van der Waals surface area contributed by atoms with Crippen molar-refractivity contribution < 1.29 is 13.9 Å². The van der Waals surface area contributed by atoms with Gasteiger partial charge in [0, 0.05) is 29.3 Å². The van der Waals surface area contributed by atoms with E-state index in [2.05, 4.69) is 10.3 Å². The molecule has 0 bridgehead atoms. The molecule has 0 aliphatic carbocycles. The summed E-state index contributed by atoms with van der Waals surface area (Å²) in [6, 6.07) is 8.56. The second kappa shape index (κ2) is 8.80. The summed E-state index contributed by atoms with van der Waals surface area (Å²) in [5.41, 5.74) is 1.43. The van der Waals surface area contributed by atoms with E-state index in [1.165, 1.54) is 0 Å². The fourth-order valence-electron chi connectivity index (χ4n) is 2.49. The molecule has 2 rings (SSSR count). The topological polar surface area (TPSA) is 43.4 Å². The second-order valence-electron chi connectivity index (χ2n) is 6.88. The van der Waals surface area contributed by atoms with E-state index in [4.69, 9.17) is 21.1 Å². The molecule has 1 aromatic carbocycles. The summed E-state index contributed by atoms with van der Waals surface area (Å²) in [5, 5.41) is 3.78. The fourth-order valence-corrected chi connectivity index (χ4v) is 2.61. The minimum Gasteiger partial charge on any atom is -0.378 e. The number of rotatable bonds is 7. The van der Waals surface area contributed by atoms with Crippen molar-refractivity contribution in [1.82, 2.24) is 4.98 Å². The largest absolute Gasteiger partial charge is 0.378 e. The first-order valence-electron chi connectivity index (χ1n) is 8.73. The number of hydrogen-bond donors (Lipinski definition) is 1. The van der Waals surface area contributed by atoms with E-state index >= 15 is 4.39 Å². The van der Waals surface area contributed by atoms with Crippen molar-refractivity contribution >= 4 is 17.3 Å². The van der Waals surface area contributed by atoms with Crippen LogP contribution >= 0.6 is 11.6 Å². The molecule has 0 fully saturated rings. The molecule has 0 amide bonds. The van der Waals surface area contributed by atoms with E-state index in [9.17, 15) is 0 Å². The van der Waals surface area contributed by atoms with Crippen molar-refractivity contribution in [3.8, 4) is 11.3 Å². The average Bonchev–Trinajstić information content (AvgIpc) is 2.56. The molecule has 142 valence electrons. The van der Waals surface area contributed by atoms with Crippen LogP contribution < -0.4 is 5.32 Å². The Morgan fingerprint density at radius 3 is 2.19 bits per heavy atom. The standard InChI is InChI=1S/C20H26ClFN2O2/c1-6-25-19(26-7-2)16-12-15(24-20(3,4)5)17(22)18(23-16)13-8-10-14(21)11-9-13/h8-12,19H,6-7H2,1-5H3,(H,23,24). The molecule has 0 unspecified atom stereocenters. The number of ether oxygens (including phenoxy) is 2. The predicted molar refractivity (Wildman–Crippen MR) is 104 cm³/mol. The Bertz CT molecular complexity index is 724. The number of nitrogens with one attached hydrogen (secondary N) is 1. The molecule has 0 atom stereocenters. The Balaban J connectivity index is 2.59. The summed E-state index contributed by atoms with van der Waals surface area (Å²) in [7, 11) is 0. The van der Waals surface area contributed by atoms with Gasteiger partial charge in [0.1, 0.15) is 5.69 Å². The lowest BCUT2D eigenvalue weighted by Gasteiger charge is -2.25. The number of anilines is 1. The van der Waals surface area contributed by atoms with Gasteiger partial charge in [-0.3, -0.25) is 0 Å². The number of benzene rings is 1. The van der Waals surface area contributed by atoms with Crippen LogP contribution in [0.25, 0.3) is 11.3 Å². The third-order valence-electron chi connectivity index (χ3n) is 3.48. The van der Waals surface area contributed by atoms with Gasteiger partial charge in [-0.1, -0.05) is 23.7 Å². The molecule has 0 saturated carbocycles. The van der Waals surface area contributed by atoms with E-state index in [1.807, 2.05) is 34.6 Å². The third kappa shape index (κ3) is 5.40. The fraction of sp³-hybridized carbons (Fsp3) is 0.450. The van der Waals surface area contributed by atoms with Gasteiger partial charge in [-0.25, -0.2) is 9.37 Å². The van der Waals surface area contributed by atoms with Gasteiger partial charge in [0.25, 0.3) is 0 Å². The van der Waals surface area contributed by atoms with Gasteiger partial charge in [-0.05, 0) is 52.8 Å². The van der Waals surface area contributed by atoms with Crippen LogP contribution in [0, 0.1) is 5.82 Å². The lowest BCUT2D eigenvalue weighted by molar-refractivity contribution is -0.142. The number of aromatic nitrogens is 1. The van der Waals surface area contributed by atoms with Crippen molar-refractivity contribution in [1.29, 1.82) is 0 Å². The van der Waals surface area contributed by atoms with Gasteiger partial charge in [0.05, 0.1) is 11.4 Å². The van der Waals surface area contributed by atoms with Crippen LogP contribution in [0.1, 0.15) is 46.6 Å². The lowest BCUT2D eigenvalue weighted by atomic mass is 10.1. The summed E-state index contributed by atoms with van der Waals surface area (Å²) in [5.74, 6) is -0.419. The summed E-state index contributed by atoms with van der Waals surface area (Å²) in [4.78, 5) is 4.49. The maximum atomic E-state index is 15.2. The first kappa shape index (κ1) is 20.6. The Kier molecular flexibility index (Phi) is 6.98. The zero-order valence-corrected chi connectivity index (χ0v) is 16.7. The highest BCUT2D eigenvalue weighted by atomic mass is 35.5. The molecular weight excluding hydrogens is 355 g/mol. The van der Waals surface area contributed by atoms with E-state index in [0.717, 1.165) is 0 Å². The summed E-state index contributed by atoms with van der Waals surface area (Å²) < 4.78 is 26.5. The van der Waals surface area contributed by atoms with Crippen LogP contribution in [0.5, 0.6) is 0 Å². The summed E-state index contributed by atoms with van der Waals surface area (Å²) in [6.07, 6.45) is -0.655. The van der Waals surface area contributed by atoms with Crippen LogP contribution in [0.3, 0.4) is 0 Å². The predicted octanol–water partition coefficient (Wildman–Crippen LogP) is 5.82. The Hall–Kier alpha value is -1.69. The number of pyridine rings is 1. The normalized spacial score (nSPS) is 11.8. The van der Waals surface area contributed by atoms with Gasteiger partial charge in [-0.15, -0.1) is 0 Å². The molecule has 0 spiro atoms. The van der Waals surface area contributed by atoms with Gasteiger partial charge in [-0.2, -0.15) is 0 Å². The van der Waals surface area contributed by atoms with Crippen molar-refractivity contribution in [3.63, 3.8) is 0 Å². The van der Waals surface area contributed by atoms with Gasteiger partial charge in [0.2, 0.25) is 6.29 Å². The van der Waals surface area contributed by atoms with E-state index in [1.54, 1.807) is 30.3 Å². The molecular formula is C20H26ClFN2O2. The molecule has 0 saturated heterocycles. The number of hydrogen-bond acceptors (Lipinski definition) is 4. The van der Waals surface area contributed by atoms with Crippen molar-refractivity contribution in [2.75, 3.05) is 18.5 Å². The average molecular weight is 381 g/mol. The summed E-state index contributed by atoms with van der Waals surface area (Å²) >= 11 is 5.96. The monoisotopic (exact) mass is 380 g/mol. The molecule has 0 radical (unpaired) electrons. The van der Waals surface area contributed by atoms with Crippen molar-refractivity contribution in [3.05, 3.63) is 46.9 Å². The Morgan fingerprint density at radius 2 is 1.69 bits per heavy atom. The highest BCUT2D eigenvalue weighted by Gasteiger charge is 2.22. The van der Waals surface area contributed by atoms with E-state index in [0.29, 0.717) is 35.2 Å². The van der Waals surface area contributed by atoms with Crippen LogP contribution in [-0.4, -0.2) is 23.7 Å². The van der Waals surface area contributed by atoms with Crippen molar-refractivity contribution in [2.24, 2.45) is 0 Å². The molecule has 26 heavy (non-hydrogen) atoms. The van der Waals surface area contributed by atoms with Gasteiger partial charge < -0.3 is 14.8 Å². The smallest absolute Gasteiger partial charge is 0.201 e. The first-order valence-corrected chi connectivity index (χ1v) is 9.10. The molecule has 0 aliphatic rings. The molecule has 1 N–H and O–H groups in total. The maximum absolute atomic E-state index is 15.2. The Morgan fingerprint density at radius 1 is 1.12 bits per heavy atom. The van der Waals surface area contributed by atoms with Crippen LogP contribution in [-0.2, 0) is 9.47 Å². The Labute approximate surface area is 159 Å². The number of halogens is 2. The third-order valence-corrected chi connectivity index (χ3v) is 3.73. The summed E-state index contributed by atoms with van der Waals surface area (Å²) in [6.45, 7) is 10.6. The highest BCUT2D eigenvalue weighted by Crippen LogP contribution is 2.32. The number of nitrogens with zero attached hydrogens (tertiary/aromatic N) is 1. The maximum Gasteiger partial charge on any atom is 0.201 e. The van der Waals surface area contributed by atoms with E-state index in [-0.39, 0.29) is 11.2 Å². The lowest BCUT2D eigenvalue weighted by Crippen LogP contribution is -2.27. The van der Waals surface area contributed by atoms with Crippen LogP contribution in [0.15, 0.2) is 30.3 Å². The quantitative estimate of drug-likeness (QED) is 0.614. The molecule has 2 aromatic rings. The molecule has 1 heterocycles. The van der Waals surface area contributed by atoms with E-state index < -0.39 is 12.1 Å². The van der Waals surface area contributed by atoms with Crippen LogP contribution in [0.4, 0.5) is 10.1 Å².